The van der Waals surface area contributed by atoms with Crippen molar-refractivity contribution in [2.75, 3.05) is 7.11 Å². The van der Waals surface area contributed by atoms with Crippen molar-refractivity contribution in [3.05, 3.63) is 71.4 Å². The molecule has 2 N–H and O–H groups in total. The summed E-state index contributed by atoms with van der Waals surface area (Å²) in [6.45, 7) is 0.298. The molecule has 0 spiro atoms. The highest BCUT2D eigenvalue weighted by Crippen LogP contribution is 2.26. The number of carbonyl (C=O) groups excluding carboxylic acids is 1. The van der Waals surface area contributed by atoms with E-state index >= 15 is 0 Å². The highest BCUT2D eigenvalue weighted by molar-refractivity contribution is 6.07. The molecular formula is C19H16N2O4. The number of carboxylic acid groups (broad SMARTS) is 1. The topological polar surface area (TPSA) is 88.5 Å². The summed E-state index contributed by atoms with van der Waals surface area (Å²) >= 11 is 0. The maximum Gasteiger partial charge on any atom is 0.335 e. The molecule has 0 atom stereocenters. The number of aromatic carboxylic acids is 1. The summed E-state index contributed by atoms with van der Waals surface area (Å²) in [6, 6.07) is 13.4. The van der Waals surface area contributed by atoms with Crippen LogP contribution in [-0.4, -0.2) is 29.1 Å². The summed E-state index contributed by atoms with van der Waals surface area (Å²) in [5.74, 6) is -0.604. The van der Waals surface area contributed by atoms with Gasteiger partial charge in [0.1, 0.15) is 11.3 Å². The molecule has 0 aliphatic rings. The number of nitrogens with zero attached hydrogens (tertiary/aromatic N) is 1. The highest BCUT2D eigenvalue weighted by Gasteiger charge is 2.13. The molecule has 0 aliphatic carbocycles. The van der Waals surface area contributed by atoms with E-state index in [2.05, 4.69) is 10.3 Å². The molecule has 0 bridgehead atoms. The third kappa shape index (κ3) is 3.42. The number of carboxylic acids is 1. The molecule has 3 aromatic rings. The smallest absolute Gasteiger partial charge is 0.335 e. The van der Waals surface area contributed by atoms with Gasteiger partial charge in [0, 0.05) is 23.7 Å². The summed E-state index contributed by atoms with van der Waals surface area (Å²) in [5, 5.41) is 12.4. The van der Waals surface area contributed by atoms with E-state index in [1.54, 1.807) is 43.6 Å². The molecular weight excluding hydrogens is 320 g/mol. The molecule has 1 aromatic heterocycles. The fourth-order valence-electron chi connectivity index (χ4n) is 2.55. The SMILES string of the molecule is COc1ccc(C(=O)NCc2ccc(C(=O)O)cc2)c2cccnc12. The van der Waals surface area contributed by atoms with E-state index in [1.807, 2.05) is 6.07 Å². The highest BCUT2D eigenvalue weighted by atomic mass is 16.5. The third-order valence-corrected chi connectivity index (χ3v) is 3.85. The van der Waals surface area contributed by atoms with Crippen molar-refractivity contribution in [2.24, 2.45) is 0 Å². The van der Waals surface area contributed by atoms with E-state index in [-0.39, 0.29) is 11.5 Å². The van der Waals surface area contributed by atoms with Crippen molar-refractivity contribution in [1.82, 2.24) is 10.3 Å². The summed E-state index contributed by atoms with van der Waals surface area (Å²) in [5.41, 5.74) is 2.16. The first-order valence-corrected chi connectivity index (χ1v) is 7.62. The van der Waals surface area contributed by atoms with Gasteiger partial charge in [0.2, 0.25) is 0 Å². The largest absolute Gasteiger partial charge is 0.494 e. The third-order valence-electron chi connectivity index (χ3n) is 3.85. The van der Waals surface area contributed by atoms with Gasteiger partial charge < -0.3 is 15.2 Å². The van der Waals surface area contributed by atoms with Crippen LogP contribution < -0.4 is 10.1 Å². The maximum atomic E-state index is 12.5. The molecule has 2 aromatic carbocycles. The molecule has 126 valence electrons. The Morgan fingerprint density at radius 2 is 1.88 bits per heavy atom. The number of methoxy groups -OCH3 is 1. The number of carbonyl (C=O) groups is 2. The fourth-order valence-corrected chi connectivity index (χ4v) is 2.55. The second-order valence-corrected chi connectivity index (χ2v) is 5.40. The van der Waals surface area contributed by atoms with Crippen LogP contribution in [0.25, 0.3) is 10.9 Å². The molecule has 6 nitrogen and oxygen atoms in total. The summed E-state index contributed by atoms with van der Waals surface area (Å²) in [7, 11) is 1.56. The van der Waals surface area contributed by atoms with Crippen molar-refractivity contribution in [3.63, 3.8) is 0 Å². The van der Waals surface area contributed by atoms with Crippen LogP contribution in [0.2, 0.25) is 0 Å². The predicted octanol–water partition coefficient (Wildman–Crippen LogP) is 2.87. The van der Waals surface area contributed by atoms with Gasteiger partial charge in [-0.2, -0.15) is 0 Å². The Labute approximate surface area is 144 Å². The number of rotatable bonds is 5. The molecule has 1 heterocycles. The molecule has 3 rings (SSSR count). The van der Waals surface area contributed by atoms with Crippen LogP contribution in [0.15, 0.2) is 54.7 Å². The minimum atomic E-state index is -0.979. The van der Waals surface area contributed by atoms with Crippen molar-refractivity contribution in [2.45, 2.75) is 6.54 Å². The van der Waals surface area contributed by atoms with Crippen LogP contribution in [0.4, 0.5) is 0 Å². The van der Waals surface area contributed by atoms with Gasteiger partial charge in [-0.1, -0.05) is 18.2 Å². The van der Waals surface area contributed by atoms with E-state index in [9.17, 15) is 9.59 Å². The Kier molecular flexibility index (Phi) is 4.61. The van der Waals surface area contributed by atoms with E-state index in [0.29, 0.717) is 28.8 Å². The number of hydrogen-bond acceptors (Lipinski definition) is 4. The maximum absolute atomic E-state index is 12.5. The Morgan fingerprint density at radius 1 is 1.12 bits per heavy atom. The number of amides is 1. The van der Waals surface area contributed by atoms with Crippen LogP contribution in [0.1, 0.15) is 26.3 Å². The first kappa shape index (κ1) is 16.4. The monoisotopic (exact) mass is 336 g/mol. The molecule has 0 fully saturated rings. The van der Waals surface area contributed by atoms with Crippen LogP contribution in [0.5, 0.6) is 5.75 Å². The number of hydrogen-bond donors (Lipinski definition) is 2. The van der Waals surface area contributed by atoms with Crippen LogP contribution >= 0.6 is 0 Å². The van der Waals surface area contributed by atoms with Gasteiger partial charge >= 0.3 is 5.97 Å². The van der Waals surface area contributed by atoms with Gasteiger partial charge in [0.15, 0.2) is 0 Å². The standard InChI is InChI=1S/C19H16N2O4/c1-25-16-9-8-15(14-3-2-10-20-17(14)16)18(22)21-11-12-4-6-13(7-5-12)19(23)24/h2-10H,11H2,1H3,(H,21,22)(H,23,24). The fraction of sp³-hybridized carbons (Fsp3) is 0.105. The van der Waals surface area contributed by atoms with Gasteiger partial charge in [-0.05, 0) is 35.9 Å². The molecule has 0 radical (unpaired) electrons. The van der Waals surface area contributed by atoms with Crippen molar-refractivity contribution >= 4 is 22.8 Å². The summed E-state index contributed by atoms with van der Waals surface area (Å²) < 4.78 is 5.28. The Hall–Kier alpha value is -3.41. The number of ether oxygens (including phenoxy) is 1. The number of aromatic nitrogens is 1. The lowest BCUT2D eigenvalue weighted by atomic mass is 10.1. The first-order valence-electron chi connectivity index (χ1n) is 7.62. The van der Waals surface area contributed by atoms with E-state index in [1.165, 1.54) is 12.1 Å². The zero-order chi connectivity index (χ0) is 17.8. The van der Waals surface area contributed by atoms with Gasteiger partial charge in [-0.3, -0.25) is 9.78 Å². The molecule has 0 aliphatic heterocycles. The summed E-state index contributed by atoms with van der Waals surface area (Å²) in [6.07, 6.45) is 1.65. The van der Waals surface area contributed by atoms with Crippen LogP contribution in [-0.2, 0) is 6.54 Å². The van der Waals surface area contributed by atoms with Gasteiger partial charge in [-0.25, -0.2) is 4.79 Å². The van der Waals surface area contributed by atoms with Crippen molar-refractivity contribution < 1.29 is 19.4 Å². The lowest BCUT2D eigenvalue weighted by molar-refractivity contribution is 0.0696. The van der Waals surface area contributed by atoms with Crippen LogP contribution in [0, 0.1) is 0 Å². The zero-order valence-electron chi connectivity index (χ0n) is 13.5. The minimum absolute atomic E-state index is 0.210. The number of benzene rings is 2. The molecule has 1 amide bonds. The average molecular weight is 336 g/mol. The van der Waals surface area contributed by atoms with Crippen molar-refractivity contribution in [1.29, 1.82) is 0 Å². The van der Waals surface area contributed by atoms with Gasteiger partial charge in [-0.15, -0.1) is 0 Å². The van der Waals surface area contributed by atoms with Crippen LogP contribution in [0.3, 0.4) is 0 Å². The quantitative estimate of drug-likeness (QED) is 0.748. The number of fused-ring (bicyclic) bond motifs is 1. The minimum Gasteiger partial charge on any atom is -0.494 e. The van der Waals surface area contributed by atoms with Gasteiger partial charge in [0.05, 0.1) is 12.7 Å². The Balaban J connectivity index is 1.80. The average Bonchev–Trinajstić information content (AvgIpc) is 2.65. The van der Waals surface area contributed by atoms with E-state index in [0.717, 1.165) is 5.56 Å². The number of pyridine rings is 1. The molecule has 0 saturated carbocycles. The molecule has 0 unspecified atom stereocenters. The Bertz CT molecular complexity index is 936. The lowest BCUT2D eigenvalue weighted by Crippen LogP contribution is -2.23. The molecule has 6 heteroatoms. The summed E-state index contributed by atoms with van der Waals surface area (Å²) in [4.78, 5) is 27.7. The first-order chi connectivity index (χ1) is 12.1. The molecule has 25 heavy (non-hydrogen) atoms. The predicted molar refractivity (Wildman–Crippen MR) is 92.9 cm³/mol. The van der Waals surface area contributed by atoms with E-state index < -0.39 is 5.97 Å². The van der Waals surface area contributed by atoms with Gasteiger partial charge in [0.25, 0.3) is 5.91 Å². The lowest BCUT2D eigenvalue weighted by Gasteiger charge is -2.10. The molecule has 0 saturated heterocycles. The second-order valence-electron chi connectivity index (χ2n) is 5.40. The zero-order valence-corrected chi connectivity index (χ0v) is 13.5. The van der Waals surface area contributed by atoms with Crippen molar-refractivity contribution in [3.8, 4) is 5.75 Å². The number of nitrogens with one attached hydrogen (secondary N) is 1. The van der Waals surface area contributed by atoms with E-state index in [4.69, 9.17) is 9.84 Å². The second kappa shape index (κ2) is 7.00. The Morgan fingerprint density at radius 3 is 2.56 bits per heavy atom. The normalized spacial score (nSPS) is 10.4.